The second-order valence-electron chi connectivity index (χ2n) is 1.84. The summed E-state index contributed by atoms with van der Waals surface area (Å²) in [5, 5.41) is 0. The van der Waals surface area contributed by atoms with Crippen molar-refractivity contribution >= 4 is 23.5 Å². The Hall–Kier alpha value is -0.235. The molecule has 1 aromatic heterocycles. The predicted molar refractivity (Wildman–Crippen MR) is 47.5 cm³/mol. The molecule has 6 heteroatoms. The molecule has 0 amide bonds. The fourth-order valence-electron chi connectivity index (χ4n) is 0.653. The Kier molecular flexibility index (Phi) is 3.86. The van der Waals surface area contributed by atoms with Crippen molar-refractivity contribution in [1.82, 2.24) is 9.97 Å². The van der Waals surface area contributed by atoms with Crippen LogP contribution in [0.15, 0.2) is 6.07 Å². The van der Waals surface area contributed by atoms with Crippen LogP contribution in [-0.4, -0.2) is 28.3 Å². The van der Waals surface area contributed by atoms with Crippen LogP contribution in [-0.2, 0) is 0 Å². The SMILES string of the molecule is C=B[I-]c1cc(OC)nc(=S)[nH]1. The van der Waals surface area contributed by atoms with E-state index in [-0.39, 0.29) is 21.0 Å². The van der Waals surface area contributed by atoms with Crippen LogP contribution in [0.4, 0.5) is 0 Å². The molecule has 0 unspecified atom stereocenters. The summed E-state index contributed by atoms with van der Waals surface area (Å²) < 4.78 is 8.40. The van der Waals surface area contributed by atoms with E-state index in [1.165, 1.54) is 0 Å². The molecule has 3 nitrogen and oxygen atoms in total. The molecule has 1 aromatic rings. The second-order valence-corrected chi connectivity index (χ2v) is 4.89. The van der Waals surface area contributed by atoms with Gasteiger partial charge in [-0.2, -0.15) is 0 Å². The van der Waals surface area contributed by atoms with E-state index in [0.717, 1.165) is 3.70 Å². The predicted octanol–water partition coefficient (Wildman–Crippen LogP) is -2.54. The number of halogens is 1. The Morgan fingerprint density at radius 2 is 2.58 bits per heavy atom. The number of H-pyrrole nitrogens is 1. The molecule has 1 heterocycles. The Balaban J connectivity index is 3.05. The van der Waals surface area contributed by atoms with Gasteiger partial charge in [0.05, 0.1) is 0 Å². The molecule has 0 aliphatic rings. The van der Waals surface area contributed by atoms with Crippen LogP contribution in [0.5, 0.6) is 5.88 Å². The molecule has 1 rings (SSSR count). The summed E-state index contributed by atoms with van der Waals surface area (Å²) in [4.78, 5) is 6.94. The number of nitrogens with zero attached hydrogens (tertiary/aromatic N) is 1. The van der Waals surface area contributed by atoms with Gasteiger partial charge in [-0.15, -0.1) is 0 Å². The maximum atomic E-state index is 4.97. The van der Waals surface area contributed by atoms with Crippen molar-refractivity contribution in [3.05, 3.63) is 14.5 Å². The standard InChI is InChI=1S/C6H7BIN2OS/c1-7-8-4-3-5(11-2)10-6(12)9-4/h3H,1H2,2H3,(H,9,10,12)/q-1. The van der Waals surface area contributed by atoms with Crippen molar-refractivity contribution in [1.29, 1.82) is 0 Å². The molecule has 0 aromatic carbocycles. The van der Waals surface area contributed by atoms with Crippen LogP contribution < -0.4 is 25.7 Å². The average molecular weight is 293 g/mol. The van der Waals surface area contributed by atoms with Gasteiger partial charge < -0.3 is 0 Å². The molecule has 0 radical (unpaired) electrons. The maximum absolute atomic E-state index is 4.97. The van der Waals surface area contributed by atoms with Gasteiger partial charge in [-0.1, -0.05) is 0 Å². The molecule has 0 saturated heterocycles. The van der Waals surface area contributed by atoms with Crippen molar-refractivity contribution < 1.29 is 25.7 Å². The Morgan fingerprint density at radius 3 is 3.17 bits per heavy atom. The van der Waals surface area contributed by atoms with E-state index in [1.54, 1.807) is 7.11 Å². The van der Waals surface area contributed by atoms with Crippen molar-refractivity contribution in [2.45, 2.75) is 0 Å². The van der Waals surface area contributed by atoms with Gasteiger partial charge in [0, 0.05) is 0 Å². The minimum atomic E-state index is -0.188. The van der Waals surface area contributed by atoms with Gasteiger partial charge in [0.1, 0.15) is 0 Å². The molecule has 64 valence electrons. The Morgan fingerprint density at radius 1 is 1.83 bits per heavy atom. The number of hydrogen-bond acceptors (Lipinski definition) is 3. The number of nitrogens with one attached hydrogen (secondary N) is 1. The molecule has 0 spiro atoms. The number of aromatic amines is 1. The fourth-order valence-corrected chi connectivity index (χ4v) is 2.37. The van der Waals surface area contributed by atoms with E-state index >= 15 is 0 Å². The zero-order valence-corrected chi connectivity index (χ0v) is 9.48. The first-order chi connectivity index (χ1) is 5.76. The van der Waals surface area contributed by atoms with Gasteiger partial charge in [-0.3, -0.25) is 0 Å². The number of hydrogen-bond donors (Lipinski definition) is 1. The molecule has 1 N–H and O–H groups in total. The number of rotatable bonds is 3. The summed E-state index contributed by atoms with van der Waals surface area (Å²) in [6.45, 7) is 3.67. The van der Waals surface area contributed by atoms with Crippen molar-refractivity contribution in [3.8, 4) is 5.88 Å². The first-order valence-corrected chi connectivity index (χ1v) is 5.89. The topological polar surface area (TPSA) is 37.9 Å². The van der Waals surface area contributed by atoms with Crippen molar-refractivity contribution in [2.24, 2.45) is 0 Å². The third-order valence-electron chi connectivity index (χ3n) is 1.09. The Bertz CT molecular complexity index is 341. The van der Waals surface area contributed by atoms with Crippen LogP contribution in [0.2, 0.25) is 0 Å². The summed E-state index contributed by atoms with van der Waals surface area (Å²) >= 11 is 4.72. The molecule has 0 saturated carbocycles. The van der Waals surface area contributed by atoms with Gasteiger partial charge in [-0.25, -0.2) is 0 Å². The van der Waals surface area contributed by atoms with Crippen LogP contribution in [0.1, 0.15) is 0 Å². The first-order valence-electron chi connectivity index (χ1n) is 3.16. The zero-order chi connectivity index (χ0) is 8.97. The molecular formula is C6H7BIN2OS-. The molecule has 0 aliphatic heterocycles. The molecule has 0 aliphatic carbocycles. The minimum absolute atomic E-state index is 0.188. The summed E-state index contributed by atoms with van der Waals surface area (Å²) in [6, 6.07) is 1.85. The molecule has 0 bridgehead atoms. The van der Waals surface area contributed by atoms with Crippen molar-refractivity contribution in [2.75, 3.05) is 7.11 Å². The van der Waals surface area contributed by atoms with E-state index < -0.39 is 0 Å². The summed E-state index contributed by atoms with van der Waals surface area (Å²) in [5.74, 6) is 0.565. The quantitative estimate of drug-likeness (QED) is 0.289. The van der Waals surface area contributed by atoms with Gasteiger partial charge in [0.2, 0.25) is 0 Å². The summed E-state index contributed by atoms with van der Waals surface area (Å²) in [7, 11) is 1.58. The summed E-state index contributed by atoms with van der Waals surface area (Å²) in [5.41, 5.74) is 0. The van der Waals surface area contributed by atoms with E-state index in [9.17, 15) is 0 Å². The van der Waals surface area contributed by atoms with Gasteiger partial charge in [0.25, 0.3) is 0 Å². The van der Waals surface area contributed by atoms with Gasteiger partial charge >= 0.3 is 86.7 Å². The number of aromatic nitrogens is 2. The number of methoxy groups -OCH3 is 1. The van der Waals surface area contributed by atoms with E-state index in [0.29, 0.717) is 10.7 Å². The van der Waals surface area contributed by atoms with Crippen LogP contribution >= 0.6 is 12.2 Å². The third kappa shape index (κ3) is 2.67. The molecular weight excluding hydrogens is 286 g/mol. The molecule has 12 heavy (non-hydrogen) atoms. The monoisotopic (exact) mass is 293 g/mol. The van der Waals surface area contributed by atoms with E-state index in [2.05, 4.69) is 16.4 Å². The first kappa shape index (κ1) is 9.85. The van der Waals surface area contributed by atoms with E-state index in [1.807, 2.05) is 10.8 Å². The van der Waals surface area contributed by atoms with Crippen molar-refractivity contribution in [3.63, 3.8) is 0 Å². The molecule has 0 atom stereocenters. The fraction of sp³-hybridized carbons (Fsp3) is 0.167. The second kappa shape index (κ2) is 4.71. The van der Waals surface area contributed by atoms with Crippen LogP contribution in [0.3, 0.4) is 0 Å². The van der Waals surface area contributed by atoms with Crippen LogP contribution in [0, 0.1) is 8.47 Å². The number of ether oxygens (including phenoxy) is 1. The normalized spacial score (nSPS) is 9.42. The van der Waals surface area contributed by atoms with Gasteiger partial charge in [0.15, 0.2) is 0 Å². The average Bonchev–Trinajstić information content (AvgIpc) is 2.04. The Labute approximate surface area is 86.5 Å². The zero-order valence-electron chi connectivity index (χ0n) is 6.50. The third-order valence-corrected chi connectivity index (χ3v) is 2.98. The summed E-state index contributed by atoms with van der Waals surface area (Å²) in [6.07, 6.45) is 0. The van der Waals surface area contributed by atoms with Gasteiger partial charge in [-0.05, 0) is 0 Å². The van der Waals surface area contributed by atoms with Crippen LogP contribution in [0.25, 0.3) is 0 Å². The van der Waals surface area contributed by atoms with E-state index in [4.69, 9.17) is 17.0 Å². The molecule has 0 fully saturated rings.